The summed E-state index contributed by atoms with van der Waals surface area (Å²) in [4.78, 5) is 18.1. The van der Waals surface area contributed by atoms with E-state index < -0.39 is 0 Å². The maximum Gasteiger partial charge on any atom is 0.222 e. The molecular weight excluding hydrogens is 226 g/mol. The van der Waals surface area contributed by atoms with Gasteiger partial charge in [-0.15, -0.1) is 0 Å². The molecule has 2 heterocycles. The minimum absolute atomic E-state index is 0.247. The topological polar surface area (TPSA) is 59.2 Å². The van der Waals surface area contributed by atoms with Gasteiger partial charge in [-0.3, -0.25) is 9.78 Å². The van der Waals surface area contributed by atoms with Crippen molar-refractivity contribution >= 4 is 5.91 Å². The van der Waals surface area contributed by atoms with Crippen LogP contribution in [0.4, 0.5) is 0 Å². The van der Waals surface area contributed by atoms with E-state index in [1.165, 1.54) is 0 Å². The highest BCUT2D eigenvalue weighted by Gasteiger charge is 2.22. The van der Waals surface area contributed by atoms with Crippen molar-refractivity contribution in [2.75, 3.05) is 19.6 Å². The summed E-state index contributed by atoms with van der Waals surface area (Å²) in [5, 5.41) is 0. The molecule has 0 aliphatic carbocycles. The minimum atomic E-state index is 0.247. The fourth-order valence-corrected chi connectivity index (χ4v) is 2.44. The van der Waals surface area contributed by atoms with Gasteiger partial charge in [-0.1, -0.05) is 6.07 Å². The van der Waals surface area contributed by atoms with Gasteiger partial charge < -0.3 is 10.6 Å². The van der Waals surface area contributed by atoms with E-state index >= 15 is 0 Å². The van der Waals surface area contributed by atoms with Gasteiger partial charge in [0.25, 0.3) is 0 Å². The minimum Gasteiger partial charge on any atom is -0.342 e. The van der Waals surface area contributed by atoms with Crippen molar-refractivity contribution in [2.45, 2.75) is 25.7 Å². The highest BCUT2D eigenvalue weighted by Crippen LogP contribution is 2.16. The molecule has 1 aliphatic heterocycles. The first kappa shape index (κ1) is 13.0. The SMILES string of the molecule is NCC1CCCN(C(=O)CCc2cccnc2)C1. The van der Waals surface area contributed by atoms with Crippen molar-refractivity contribution in [1.29, 1.82) is 0 Å². The van der Waals surface area contributed by atoms with Gasteiger partial charge in [-0.2, -0.15) is 0 Å². The number of aryl methyl sites for hydroxylation is 1. The van der Waals surface area contributed by atoms with Crippen molar-refractivity contribution in [3.05, 3.63) is 30.1 Å². The summed E-state index contributed by atoms with van der Waals surface area (Å²) in [5.41, 5.74) is 6.81. The van der Waals surface area contributed by atoms with Crippen LogP contribution >= 0.6 is 0 Å². The number of carbonyl (C=O) groups is 1. The predicted molar refractivity (Wildman–Crippen MR) is 70.9 cm³/mol. The number of rotatable bonds is 4. The van der Waals surface area contributed by atoms with E-state index in [0.717, 1.165) is 37.9 Å². The van der Waals surface area contributed by atoms with E-state index in [1.54, 1.807) is 6.20 Å². The van der Waals surface area contributed by atoms with Crippen molar-refractivity contribution in [3.63, 3.8) is 0 Å². The third-order valence-electron chi connectivity index (χ3n) is 3.56. The Kier molecular flexibility index (Phi) is 4.70. The van der Waals surface area contributed by atoms with E-state index in [2.05, 4.69) is 4.98 Å². The number of piperidine rings is 1. The molecule has 98 valence electrons. The molecular formula is C14H21N3O. The highest BCUT2D eigenvalue weighted by atomic mass is 16.2. The Hall–Kier alpha value is -1.42. The summed E-state index contributed by atoms with van der Waals surface area (Å²) >= 11 is 0. The summed E-state index contributed by atoms with van der Waals surface area (Å²) in [7, 11) is 0. The van der Waals surface area contributed by atoms with Crippen LogP contribution in [0.3, 0.4) is 0 Å². The molecule has 4 heteroatoms. The highest BCUT2D eigenvalue weighted by molar-refractivity contribution is 5.76. The number of hydrogen-bond acceptors (Lipinski definition) is 3. The maximum atomic E-state index is 12.1. The number of nitrogens with zero attached hydrogens (tertiary/aromatic N) is 2. The van der Waals surface area contributed by atoms with Crippen molar-refractivity contribution in [1.82, 2.24) is 9.88 Å². The van der Waals surface area contributed by atoms with Crippen LogP contribution in [0.15, 0.2) is 24.5 Å². The van der Waals surface area contributed by atoms with Crippen LogP contribution in [-0.2, 0) is 11.2 Å². The van der Waals surface area contributed by atoms with Gasteiger partial charge in [0.1, 0.15) is 0 Å². The number of pyridine rings is 1. The average molecular weight is 247 g/mol. The van der Waals surface area contributed by atoms with Crippen LogP contribution in [-0.4, -0.2) is 35.4 Å². The summed E-state index contributed by atoms with van der Waals surface area (Å²) in [6.07, 6.45) is 7.16. The third-order valence-corrected chi connectivity index (χ3v) is 3.56. The maximum absolute atomic E-state index is 12.1. The molecule has 1 saturated heterocycles. The summed E-state index contributed by atoms with van der Waals surface area (Å²) < 4.78 is 0. The molecule has 4 nitrogen and oxygen atoms in total. The Labute approximate surface area is 108 Å². The molecule has 1 aromatic heterocycles. The quantitative estimate of drug-likeness (QED) is 0.870. The molecule has 2 rings (SSSR count). The van der Waals surface area contributed by atoms with Gasteiger partial charge >= 0.3 is 0 Å². The van der Waals surface area contributed by atoms with Crippen molar-refractivity contribution in [2.24, 2.45) is 11.7 Å². The molecule has 0 bridgehead atoms. The van der Waals surface area contributed by atoms with Gasteiger partial charge in [0.05, 0.1) is 0 Å². The van der Waals surface area contributed by atoms with Crippen LogP contribution in [0.2, 0.25) is 0 Å². The molecule has 18 heavy (non-hydrogen) atoms. The Morgan fingerprint density at radius 1 is 1.56 bits per heavy atom. The van der Waals surface area contributed by atoms with E-state index in [-0.39, 0.29) is 5.91 Å². The molecule has 0 aromatic carbocycles. The average Bonchev–Trinajstić information content (AvgIpc) is 2.46. The molecule has 1 fully saturated rings. The standard InChI is InChI=1S/C14H21N3O/c15-9-13-4-2-8-17(11-13)14(18)6-5-12-3-1-7-16-10-12/h1,3,7,10,13H,2,4-6,8-9,11,15H2. The predicted octanol–water partition coefficient (Wildman–Crippen LogP) is 1.21. The zero-order valence-electron chi connectivity index (χ0n) is 10.7. The molecule has 1 unspecified atom stereocenters. The first-order chi connectivity index (χ1) is 8.79. The molecule has 1 aliphatic rings. The molecule has 0 spiro atoms. The van der Waals surface area contributed by atoms with E-state index in [9.17, 15) is 4.79 Å². The van der Waals surface area contributed by atoms with Gasteiger partial charge in [0.15, 0.2) is 0 Å². The first-order valence-electron chi connectivity index (χ1n) is 6.66. The molecule has 0 saturated carbocycles. The van der Waals surface area contributed by atoms with Crippen molar-refractivity contribution < 1.29 is 4.79 Å². The van der Waals surface area contributed by atoms with Gasteiger partial charge in [0.2, 0.25) is 5.91 Å². The Bertz CT molecular complexity index is 380. The lowest BCUT2D eigenvalue weighted by Gasteiger charge is -2.32. The normalized spacial score (nSPS) is 19.8. The van der Waals surface area contributed by atoms with Gasteiger partial charge in [-0.05, 0) is 43.4 Å². The van der Waals surface area contributed by atoms with Crippen LogP contribution in [0.1, 0.15) is 24.8 Å². The van der Waals surface area contributed by atoms with Crippen molar-refractivity contribution in [3.8, 4) is 0 Å². The molecule has 1 amide bonds. The number of amides is 1. The number of hydrogen-bond donors (Lipinski definition) is 1. The second-order valence-corrected chi connectivity index (χ2v) is 4.94. The monoisotopic (exact) mass is 247 g/mol. The smallest absolute Gasteiger partial charge is 0.222 e. The fourth-order valence-electron chi connectivity index (χ4n) is 2.44. The lowest BCUT2D eigenvalue weighted by atomic mass is 9.98. The summed E-state index contributed by atoms with van der Waals surface area (Å²) in [6, 6.07) is 3.92. The molecule has 1 aromatic rings. The Morgan fingerprint density at radius 2 is 2.44 bits per heavy atom. The van der Waals surface area contributed by atoms with Gasteiger partial charge in [0, 0.05) is 31.9 Å². The van der Waals surface area contributed by atoms with E-state index in [4.69, 9.17) is 5.73 Å². The van der Waals surface area contributed by atoms with E-state index in [0.29, 0.717) is 18.9 Å². The van der Waals surface area contributed by atoms with Crippen LogP contribution < -0.4 is 5.73 Å². The number of likely N-dealkylation sites (tertiary alicyclic amines) is 1. The second-order valence-electron chi connectivity index (χ2n) is 4.94. The lowest BCUT2D eigenvalue weighted by molar-refractivity contribution is -0.132. The lowest BCUT2D eigenvalue weighted by Crippen LogP contribution is -2.42. The number of carbonyl (C=O) groups excluding carboxylic acids is 1. The zero-order chi connectivity index (χ0) is 12.8. The fraction of sp³-hybridized carbons (Fsp3) is 0.571. The van der Waals surface area contributed by atoms with Gasteiger partial charge in [-0.25, -0.2) is 0 Å². The Morgan fingerprint density at radius 3 is 3.17 bits per heavy atom. The number of aromatic nitrogens is 1. The third kappa shape index (κ3) is 3.53. The van der Waals surface area contributed by atoms with Crippen LogP contribution in [0, 0.1) is 5.92 Å². The summed E-state index contributed by atoms with van der Waals surface area (Å²) in [5.74, 6) is 0.734. The Balaban J connectivity index is 1.81. The van der Waals surface area contributed by atoms with E-state index in [1.807, 2.05) is 23.2 Å². The molecule has 2 N–H and O–H groups in total. The largest absolute Gasteiger partial charge is 0.342 e. The second kappa shape index (κ2) is 6.50. The molecule has 1 atom stereocenters. The molecule has 0 radical (unpaired) electrons. The zero-order valence-corrected chi connectivity index (χ0v) is 10.7. The first-order valence-corrected chi connectivity index (χ1v) is 6.66. The summed E-state index contributed by atoms with van der Waals surface area (Å²) in [6.45, 7) is 2.41. The van der Waals surface area contributed by atoms with Crippen LogP contribution in [0.5, 0.6) is 0 Å². The van der Waals surface area contributed by atoms with Crippen LogP contribution in [0.25, 0.3) is 0 Å². The number of nitrogens with two attached hydrogens (primary N) is 1.